The van der Waals surface area contributed by atoms with E-state index < -0.39 is 0 Å². The molecule has 0 aliphatic heterocycles. The summed E-state index contributed by atoms with van der Waals surface area (Å²) in [5.74, 6) is 0.512. The molecule has 0 N–H and O–H groups in total. The predicted molar refractivity (Wildman–Crippen MR) is 83.4 cm³/mol. The van der Waals surface area contributed by atoms with Crippen LogP contribution in [0.15, 0.2) is 72.1 Å². The summed E-state index contributed by atoms with van der Waals surface area (Å²) in [7, 11) is 0. The van der Waals surface area contributed by atoms with Crippen LogP contribution in [0.3, 0.4) is 0 Å². The van der Waals surface area contributed by atoms with Gasteiger partial charge in [0.2, 0.25) is 0 Å². The van der Waals surface area contributed by atoms with Gasteiger partial charge in [-0.25, -0.2) is 14.4 Å². The molecule has 0 spiro atoms. The Bertz CT molecular complexity index is 697. The fourth-order valence-electron chi connectivity index (χ4n) is 1.90. The second kappa shape index (κ2) is 6.50. The third-order valence-corrected chi connectivity index (χ3v) is 3.96. The molecule has 2 nitrogen and oxygen atoms in total. The maximum atomic E-state index is 12.8. The molecule has 2 aromatic carbocycles. The lowest BCUT2D eigenvalue weighted by molar-refractivity contribution is 0.627. The van der Waals surface area contributed by atoms with Gasteiger partial charge in [0.25, 0.3) is 0 Å². The number of aromatic nitrogens is 2. The third kappa shape index (κ3) is 3.67. The molecule has 3 aromatic rings. The first kappa shape index (κ1) is 13.8. The third-order valence-electron chi connectivity index (χ3n) is 3.02. The Morgan fingerprint density at radius 2 is 1.48 bits per heavy atom. The van der Waals surface area contributed by atoms with Gasteiger partial charge < -0.3 is 0 Å². The van der Waals surface area contributed by atoms with Gasteiger partial charge >= 0.3 is 0 Å². The van der Waals surface area contributed by atoms with Gasteiger partial charge in [-0.15, -0.1) is 0 Å². The standard InChI is InChI=1S/C17H13FN2S/c18-16-8-6-13(7-9-16)12-21-17-19-10-15(11-20-17)14-4-2-1-3-5-14/h1-11H,12H2. The lowest BCUT2D eigenvalue weighted by Crippen LogP contribution is -1.89. The van der Waals surface area contributed by atoms with E-state index in [4.69, 9.17) is 0 Å². The van der Waals surface area contributed by atoms with Crippen molar-refractivity contribution in [3.63, 3.8) is 0 Å². The summed E-state index contributed by atoms with van der Waals surface area (Å²) in [5.41, 5.74) is 3.16. The Morgan fingerprint density at radius 3 is 2.14 bits per heavy atom. The number of halogens is 1. The molecule has 0 amide bonds. The van der Waals surface area contributed by atoms with Crippen molar-refractivity contribution >= 4 is 11.8 Å². The fraction of sp³-hybridized carbons (Fsp3) is 0.0588. The van der Waals surface area contributed by atoms with Gasteiger partial charge in [-0.1, -0.05) is 54.2 Å². The van der Waals surface area contributed by atoms with Crippen molar-refractivity contribution in [2.75, 3.05) is 0 Å². The summed E-state index contributed by atoms with van der Waals surface area (Å²) in [6.45, 7) is 0. The molecule has 1 aromatic heterocycles. The van der Waals surface area contributed by atoms with Crippen LogP contribution in [0.5, 0.6) is 0 Å². The fourth-order valence-corrected chi connectivity index (χ4v) is 2.64. The van der Waals surface area contributed by atoms with Crippen LogP contribution >= 0.6 is 11.8 Å². The molecule has 0 fully saturated rings. The van der Waals surface area contributed by atoms with Gasteiger partial charge in [-0.3, -0.25) is 0 Å². The van der Waals surface area contributed by atoms with E-state index in [9.17, 15) is 4.39 Å². The van der Waals surface area contributed by atoms with E-state index in [1.165, 1.54) is 23.9 Å². The summed E-state index contributed by atoms with van der Waals surface area (Å²) < 4.78 is 12.8. The highest BCUT2D eigenvalue weighted by Crippen LogP contribution is 2.22. The van der Waals surface area contributed by atoms with Crippen molar-refractivity contribution in [1.82, 2.24) is 9.97 Å². The summed E-state index contributed by atoms with van der Waals surface area (Å²) in [6, 6.07) is 16.5. The van der Waals surface area contributed by atoms with Crippen LogP contribution in [0.25, 0.3) is 11.1 Å². The van der Waals surface area contributed by atoms with Crippen LogP contribution in [0.4, 0.5) is 4.39 Å². The lowest BCUT2D eigenvalue weighted by atomic mass is 10.1. The van der Waals surface area contributed by atoms with Crippen LogP contribution in [-0.2, 0) is 5.75 Å². The second-order valence-electron chi connectivity index (χ2n) is 4.54. The van der Waals surface area contributed by atoms with Gasteiger partial charge in [0.05, 0.1) is 0 Å². The Hall–Kier alpha value is -2.20. The molecule has 0 aliphatic carbocycles. The smallest absolute Gasteiger partial charge is 0.187 e. The van der Waals surface area contributed by atoms with Crippen molar-refractivity contribution in [2.45, 2.75) is 10.9 Å². The molecule has 0 saturated heterocycles. The van der Waals surface area contributed by atoms with Crippen LogP contribution < -0.4 is 0 Å². The van der Waals surface area contributed by atoms with E-state index in [0.29, 0.717) is 0 Å². The van der Waals surface area contributed by atoms with Gasteiger partial charge in [0, 0.05) is 23.7 Å². The Labute approximate surface area is 127 Å². The second-order valence-corrected chi connectivity index (χ2v) is 5.48. The van der Waals surface area contributed by atoms with Gasteiger partial charge in [-0.05, 0) is 23.3 Å². The SMILES string of the molecule is Fc1ccc(CSc2ncc(-c3ccccc3)cn2)cc1. The predicted octanol–water partition coefficient (Wildman–Crippen LogP) is 4.58. The number of hydrogen-bond acceptors (Lipinski definition) is 3. The largest absolute Gasteiger partial charge is 0.230 e. The molecular weight excluding hydrogens is 283 g/mol. The molecule has 0 unspecified atom stereocenters. The first-order valence-corrected chi connectivity index (χ1v) is 7.54. The first-order valence-electron chi connectivity index (χ1n) is 6.56. The van der Waals surface area contributed by atoms with E-state index in [2.05, 4.69) is 9.97 Å². The zero-order chi connectivity index (χ0) is 14.5. The quantitative estimate of drug-likeness (QED) is 0.521. The van der Waals surface area contributed by atoms with E-state index in [-0.39, 0.29) is 5.82 Å². The molecule has 21 heavy (non-hydrogen) atoms. The molecule has 3 rings (SSSR count). The first-order chi connectivity index (χ1) is 10.3. The number of rotatable bonds is 4. The lowest BCUT2D eigenvalue weighted by Gasteiger charge is -2.03. The highest BCUT2D eigenvalue weighted by molar-refractivity contribution is 7.98. The van der Waals surface area contributed by atoms with Crippen molar-refractivity contribution in [3.8, 4) is 11.1 Å². The molecule has 4 heteroatoms. The highest BCUT2D eigenvalue weighted by Gasteiger charge is 2.02. The maximum absolute atomic E-state index is 12.8. The van der Waals surface area contributed by atoms with E-state index in [1.54, 1.807) is 12.1 Å². The monoisotopic (exact) mass is 296 g/mol. The minimum Gasteiger partial charge on any atom is -0.230 e. The summed E-state index contributed by atoms with van der Waals surface area (Å²) in [4.78, 5) is 8.73. The molecule has 0 aliphatic rings. The molecule has 104 valence electrons. The zero-order valence-electron chi connectivity index (χ0n) is 11.2. The van der Waals surface area contributed by atoms with Crippen LogP contribution in [0.2, 0.25) is 0 Å². The molecule has 1 heterocycles. The average Bonchev–Trinajstić information content (AvgIpc) is 2.56. The Balaban J connectivity index is 1.66. The van der Waals surface area contributed by atoms with Crippen LogP contribution in [0.1, 0.15) is 5.56 Å². The van der Waals surface area contributed by atoms with Crippen molar-refractivity contribution in [2.24, 2.45) is 0 Å². The molecule has 0 radical (unpaired) electrons. The van der Waals surface area contributed by atoms with E-state index in [1.807, 2.05) is 42.7 Å². The molecule has 0 saturated carbocycles. The highest BCUT2D eigenvalue weighted by atomic mass is 32.2. The molecular formula is C17H13FN2S. The number of nitrogens with zero attached hydrogens (tertiary/aromatic N) is 2. The summed E-state index contributed by atoms with van der Waals surface area (Å²) in [5, 5.41) is 0.721. The van der Waals surface area contributed by atoms with Gasteiger partial charge in [0.15, 0.2) is 5.16 Å². The number of hydrogen-bond donors (Lipinski definition) is 0. The van der Waals surface area contributed by atoms with Gasteiger partial charge in [0.1, 0.15) is 5.82 Å². The topological polar surface area (TPSA) is 25.8 Å². The van der Waals surface area contributed by atoms with Crippen LogP contribution in [0, 0.1) is 5.82 Å². The minimum atomic E-state index is -0.216. The number of thioether (sulfide) groups is 1. The molecule has 0 atom stereocenters. The minimum absolute atomic E-state index is 0.216. The maximum Gasteiger partial charge on any atom is 0.187 e. The van der Waals surface area contributed by atoms with E-state index >= 15 is 0 Å². The summed E-state index contributed by atoms with van der Waals surface area (Å²) in [6.07, 6.45) is 3.66. The Kier molecular flexibility index (Phi) is 4.26. The number of benzene rings is 2. The van der Waals surface area contributed by atoms with Gasteiger partial charge in [-0.2, -0.15) is 0 Å². The average molecular weight is 296 g/mol. The van der Waals surface area contributed by atoms with Crippen molar-refractivity contribution in [3.05, 3.63) is 78.4 Å². The van der Waals surface area contributed by atoms with Crippen LogP contribution in [-0.4, -0.2) is 9.97 Å². The molecule has 0 bridgehead atoms. The van der Waals surface area contributed by atoms with Crippen molar-refractivity contribution < 1.29 is 4.39 Å². The van der Waals surface area contributed by atoms with Crippen molar-refractivity contribution in [1.29, 1.82) is 0 Å². The van der Waals surface area contributed by atoms with E-state index in [0.717, 1.165) is 27.6 Å². The summed E-state index contributed by atoms with van der Waals surface area (Å²) >= 11 is 1.54. The normalized spacial score (nSPS) is 10.5. The zero-order valence-corrected chi connectivity index (χ0v) is 12.1. The Morgan fingerprint density at radius 1 is 0.810 bits per heavy atom.